The van der Waals surface area contributed by atoms with Crippen LogP contribution in [0.5, 0.6) is 0 Å². The van der Waals surface area contributed by atoms with Gasteiger partial charge in [0, 0.05) is 37.0 Å². The van der Waals surface area contributed by atoms with Crippen molar-refractivity contribution in [3.8, 4) is 0 Å². The van der Waals surface area contributed by atoms with Gasteiger partial charge in [0.05, 0.1) is 31.3 Å². The van der Waals surface area contributed by atoms with Gasteiger partial charge in [0.1, 0.15) is 35.8 Å². The molecule has 4 rings (SSSR count). The molecule has 2 aliphatic carbocycles. The van der Waals surface area contributed by atoms with Gasteiger partial charge in [-0.2, -0.15) is 0 Å². The Hall–Kier alpha value is -2.16. The van der Waals surface area contributed by atoms with Gasteiger partial charge in [0.25, 0.3) is 0 Å². The molecule has 0 aromatic heterocycles. The van der Waals surface area contributed by atoms with Gasteiger partial charge < -0.3 is 79.3 Å². The van der Waals surface area contributed by atoms with Crippen molar-refractivity contribution in [2.24, 2.45) is 45.5 Å². The van der Waals surface area contributed by atoms with Crippen molar-refractivity contribution in [2.75, 3.05) is 33.3 Å². The maximum atomic E-state index is 13.1. The minimum absolute atomic E-state index is 0.0242. The standard InChI is InChI=1S/C29H55N9O8/c1-29(43)12-44-27(22(41)25(29)35-2)46-24-18(38-26(42)19(39)5-6-36-28(33)34)9-16(32)20(21(24)40)23-17(4-3-15(10-30)45-23)37-11-13-7-14(31)8-13/h3,13-14,16-25,27,35,37,39-41,43H,4-12,30-32H2,1-2H3,(H,38,42)(H4,33,34,36). The quantitative estimate of drug-likeness (QED) is 0.0652. The van der Waals surface area contributed by atoms with Crippen LogP contribution in [0.1, 0.15) is 39.0 Å². The molecule has 4 aliphatic rings. The molecule has 2 saturated carbocycles. The zero-order chi connectivity index (χ0) is 33.8. The van der Waals surface area contributed by atoms with Crippen molar-refractivity contribution in [1.29, 1.82) is 0 Å². The minimum Gasteiger partial charge on any atom is -0.492 e. The molecule has 0 aromatic rings. The van der Waals surface area contributed by atoms with Gasteiger partial charge in [-0.1, -0.05) is 0 Å². The fourth-order valence-corrected chi connectivity index (χ4v) is 7.14. The fraction of sp³-hybridized carbons (Fsp3) is 0.862. The molecule has 17 nitrogen and oxygen atoms in total. The molecule has 264 valence electrons. The van der Waals surface area contributed by atoms with Crippen molar-refractivity contribution in [2.45, 2.75) is 112 Å². The summed E-state index contributed by atoms with van der Waals surface area (Å²) >= 11 is 0. The van der Waals surface area contributed by atoms with Crippen LogP contribution in [-0.4, -0.2) is 138 Å². The van der Waals surface area contributed by atoms with Crippen molar-refractivity contribution in [3.63, 3.8) is 0 Å². The summed E-state index contributed by atoms with van der Waals surface area (Å²) in [5.74, 6) is -0.568. The van der Waals surface area contributed by atoms with Crippen LogP contribution >= 0.6 is 0 Å². The molecular weight excluding hydrogens is 602 g/mol. The Morgan fingerprint density at radius 2 is 1.91 bits per heavy atom. The lowest BCUT2D eigenvalue weighted by atomic mass is 9.72. The first-order valence-electron chi connectivity index (χ1n) is 16.1. The van der Waals surface area contributed by atoms with E-state index in [9.17, 15) is 25.2 Å². The molecule has 1 saturated heterocycles. The molecule has 0 aromatic carbocycles. The summed E-state index contributed by atoms with van der Waals surface area (Å²) in [6, 6.07) is -2.38. The fourth-order valence-electron chi connectivity index (χ4n) is 7.14. The Kier molecular flexibility index (Phi) is 12.6. The van der Waals surface area contributed by atoms with E-state index in [-0.39, 0.29) is 50.6 Å². The van der Waals surface area contributed by atoms with E-state index in [1.54, 1.807) is 7.05 Å². The first-order valence-corrected chi connectivity index (χ1v) is 16.1. The lowest BCUT2D eigenvalue weighted by Crippen LogP contribution is -2.69. The number of hydrogen-bond donors (Lipinski definition) is 12. The highest BCUT2D eigenvalue weighted by molar-refractivity contribution is 5.81. The van der Waals surface area contributed by atoms with Crippen LogP contribution in [-0.2, 0) is 19.0 Å². The van der Waals surface area contributed by atoms with E-state index in [2.05, 4.69) is 20.9 Å². The molecule has 12 unspecified atom stereocenters. The number of amides is 1. The highest BCUT2D eigenvalue weighted by atomic mass is 16.7. The van der Waals surface area contributed by atoms with Crippen LogP contribution in [0.25, 0.3) is 0 Å². The Morgan fingerprint density at radius 1 is 1.20 bits per heavy atom. The van der Waals surface area contributed by atoms with E-state index in [1.807, 2.05) is 6.08 Å². The van der Waals surface area contributed by atoms with Crippen molar-refractivity contribution in [3.05, 3.63) is 11.8 Å². The van der Waals surface area contributed by atoms with Gasteiger partial charge in [-0.25, -0.2) is 0 Å². The summed E-state index contributed by atoms with van der Waals surface area (Å²) in [5.41, 5.74) is 28.0. The van der Waals surface area contributed by atoms with E-state index < -0.39 is 72.4 Å². The molecule has 17 heteroatoms. The maximum Gasteiger partial charge on any atom is 0.249 e. The SMILES string of the molecule is CNC1C(O)C(OC2C(NC(=O)C(O)CCN=C(N)N)CC(N)C(C3OC(CN)=CCC3NCC3CC(N)C3)C2O)OCC1(C)O. The van der Waals surface area contributed by atoms with E-state index >= 15 is 0 Å². The molecule has 0 radical (unpaired) electrons. The topological polar surface area (TPSA) is 304 Å². The van der Waals surface area contributed by atoms with Crippen molar-refractivity contribution in [1.82, 2.24) is 16.0 Å². The average Bonchev–Trinajstić information content (AvgIpc) is 2.97. The second-order valence-electron chi connectivity index (χ2n) is 13.4. The maximum absolute atomic E-state index is 13.1. The molecule has 2 aliphatic heterocycles. The summed E-state index contributed by atoms with van der Waals surface area (Å²) in [4.78, 5) is 16.9. The number of aliphatic imine (C=N–C) groups is 1. The second-order valence-corrected chi connectivity index (χ2v) is 13.4. The molecular formula is C29H55N9O8. The van der Waals surface area contributed by atoms with Gasteiger partial charge in [-0.15, -0.1) is 0 Å². The van der Waals surface area contributed by atoms with Gasteiger partial charge in [0.15, 0.2) is 12.2 Å². The highest BCUT2D eigenvalue weighted by Crippen LogP contribution is 2.37. The number of nitrogens with zero attached hydrogens (tertiary/aromatic N) is 1. The molecule has 46 heavy (non-hydrogen) atoms. The number of aliphatic hydroxyl groups excluding tert-OH is 3. The summed E-state index contributed by atoms with van der Waals surface area (Å²) in [5, 5.41) is 53.6. The molecule has 3 fully saturated rings. The number of guanidine groups is 1. The predicted octanol–water partition coefficient (Wildman–Crippen LogP) is -5.03. The number of carbonyl (C=O) groups excluding carboxylic acids is 1. The third-order valence-corrected chi connectivity index (χ3v) is 9.71. The molecule has 2 heterocycles. The highest BCUT2D eigenvalue weighted by Gasteiger charge is 2.54. The van der Waals surface area contributed by atoms with Crippen molar-refractivity contribution >= 4 is 11.9 Å². The van der Waals surface area contributed by atoms with Crippen LogP contribution in [0.15, 0.2) is 16.8 Å². The van der Waals surface area contributed by atoms with Crippen LogP contribution < -0.4 is 44.6 Å². The number of likely N-dealkylation sites (N-methyl/N-ethyl adjacent to an activating group) is 1. The van der Waals surface area contributed by atoms with Gasteiger partial charge in [-0.05, 0) is 58.2 Å². The summed E-state index contributed by atoms with van der Waals surface area (Å²) in [6.45, 7) is 2.28. The number of rotatable bonds is 13. The van der Waals surface area contributed by atoms with Gasteiger partial charge >= 0.3 is 0 Å². The van der Waals surface area contributed by atoms with Gasteiger partial charge in [-0.3, -0.25) is 9.79 Å². The average molecular weight is 658 g/mol. The van der Waals surface area contributed by atoms with Crippen molar-refractivity contribution < 1.29 is 39.4 Å². The minimum atomic E-state index is -1.46. The van der Waals surface area contributed by atoms with E-state index in [4.69, 9.17) is 42.9 Å². The largest absolute Gasteiger partial charge is 0.492 e. The third-order valence-electron chi connectivity index (χ3n) is 9.71. The number of ether oxygens (including phenoxy) is 3. The van der Waals surface area contributed by atoms with Crippen LogP contribution in [0.4, 0.5) is 0 Å². The predicted molar refractivity (Wildman–Crippen MR) is 169 cm³/mol. The smallest absolute Gasteiger partial charge is 0.249 e. The number of carbonyl (C=O) groups is 1. The van der Waals surface area contributed by atoms with Crippen LogP contribution in [0.3, 0.4) is 0 Å². The van der Waals surface area contributed by atoms with E-state index in [0.29, 0.717) is 18.1 Å². The van der Waals surface area contributed by atoms with E-state index in [0.717, 1.165) is 19.4 Å². The number of nitrogens with two attached hydrogens (primary N) is 5. The number of aliphatic hydroxyl groups is 4. The van der Waals surface area contributed by atoms with Crippen LogP contribution in [0, 0.1) is 11.8 Å². The zero-order valence-electron chi connectivity index (χ0n) is 26.7. The molecule has 12 atom stereocenters. The Morgan fingerprint density at radius 3 is 2.54 bits per heavy atom. The second kappa shape index (κ2) is 15.8. The Balaban J connectivity index is 1.57. The molecule has 17 N–H and O–H groups in total. The molecule has 0 spiro atoms. The summed E-state index contributed by atoms with van der Waals surface area (Å²) < 4.78 is 18.4. The zero-order valence-corrected chi connectivity index (χ0v) is 26.7. The monoisotopic (exact) mass is 657 g/mol. The summed E-state index contributed by atoms with van der Waals surface area (Å²) in [7, 11) is 1.59. The molecule has 0 bridgehead atoms. The first-order chi connectivity index (χ1) is 21.7. The van der Waals surface area contributed by atoms with Crippen LogP contribution in [0.2, 0.25) is 0 Å². The lowest BCUT2D eigenvalue weighted by molar-refractivity contribution is -0.297. The molecule has 1 amide bonds. The number of hydrogen-bond acceptors (Lipinski definition) is 14. The first kappa shape index (κ1) is 36.7. The normalized spacial score (nSPS) is 41.8. The Bertz CT molecular complexity index is 1070. The third kappa shape index (κ3) is 8.65. The van der Waals surface area contributed by atoms with E-state index in [1.165, 1.54) is 6.92 Å². The Labute approximate surface area is 269 Å². The number of nitrogens with one attached hydrogen (secondary N) is 3. The summed E-state index contributed by atoms with van der Waals surface area (Å²) in [6.07, 6.45) is -2.66. The lowest BCUT2D eigenvalue weighted by Gasteiger charge is -2.51. The van der Waals surface area contributed by atoms with Gasteiger partial charge in [0.2, 0.25) is 5.91 Å².